The van der Waals surface area contributed by atoms with Gasteiger partial charge in [-0.25, -0.2) is 0 Å². The third kappa shape index (κ3) is 1.48. The van der Waals surface area contributed by atoms with Crippen molar-refractivity contribution in [3.05, 3.63) is 0 Å². The van der Waals surface area contributed by atoms with Crippen LogP contribution in [-0.2, 0) is 0 Å². The fraction of sp³-hybridized carbons (Fsp3) is 0.857. The predicted molar refractivity (Wildman–Crippen MR) is 42.2 cm³/mol. The number of amidine groups is 1. The molecule has 1 heterocycles. The molecule has 0 aromatic carbocycles. The summed E-state index contributed by atoms with van der Waals surface area (Å²) in [5, 5.41) is 7.20. The minimum atomic E-state index is 0.155. The van der Waals surface area contributed by atoms with E-state index in [0.29, 0.717) is 5.84 Å². The maximum absolute atomic E-state index is 7.20. The van der Waals surface area contributed by atoms with Gasteiger partial charge < -0.3 is 5.73 Å². The number of hydrogen-bond acceptors (Lipinski definition) is 2. The molecule has 1 aliphatic rings. The van der Waals surface area contributed by atoms with Gasteiger partial charge in [0.1, 0.15) is 5.84 Å². The lowest BCUT2D eigenvalue weighted by molar-refractivity contribution is 0.313. The Hall–Kier alpha value is -0.570. The minimum absolute atomic E-state index is 0.155. The minimum Gasteiger partial charge on any atom is -0.386 e. The zero-order valence-corrected chi connectivity index (χ0v) is 6.43. The van der Waals surface area contributed by atoms with Gasteiger partial charge in [-0.1, -0.05) is 0 Å². The second-order valence-corrected chi connectivity index (χ2v) is 2.87. The van der Waals surface area contributed by atoms with E-state index in [1.54, 1.807) is 0 Å². The fourth-order valence-electron chi connectivity index (χ4n) is 1.33. The van der Waals surface area contributed by atoms with E-state index in [1.165, 1.54) is 12.8 Å². The van der Waals surface area contributed by atoms with Crippen molar-refractivity contribution < 1.29 is 0 Å². The van der Waals surface area contributed by atoms with Crippen LogP contribution in [0.5, 0.6) is 0 Å². The first kappa shape index (κ1) is 7.54. The molecular weight excluding hydrogens is 126 g/mol. The van der Waals surface area contributed by atoms with Crippen molar-refractivity contribution in [1.82, 2.24) is 4.90 Å². The van der Waals surface area contributed by atoms with Crippen LogP contribution in [-0.4, -0.2) is 29.9 Å². The lowest BCUT2D eigenvalue weighted by atomic mass is 10.3. The predicted octanol–water partition coefficient (Wildman–Crippen LogP) is 0.407. The molecular formula is C7H15N3. The van der Waals surface area contributed by atoms with E-state index in [0.717, 1.165) is 13.1 Å². The van der Waals surface area contributed by atoms with Crippen LogP contribution < -0.4 is 5.73 Å². The summed E-state index contributed by atoms with van der Waals surface area (Å²) < 4.78 is 0. The molecule has 3 heteroatoms. The van der Waals surface area contributed by atoms with Crippen molar-refractivity contribution >= 4 is 5.84 Å². The first-order chi connectivity index (χ1) is 4.72. The Morgan fingerprint density at radius 1 is 1.50 bits per heavy atom. The highest BCUT2D eigenvalue weighted by Crippen LogP contribution is 2.10. The lowest BCUT2D eigenvalue weighted by Crippen LogP contribution is -2.40. The summed E-state index contributed by atoms with van der Waals surface area (Å²) in [7, 11) is 0. The van der Waals surface area contributed by atoms with E-state index in [2.05, 4.69) is 4.90 Å². The Labute approximate surface area is 61.7 Å². The van der Waals surface area contributed by atoms with Gasteiger partial charge in [0.25, 0.3) is 0 Å². The van der Waals surface area contributed by atoms with Crippen LogP contribution >= 0.6 is 0 Å². The van der Waals surface area contributed by atoms with Crippen LogP contribution in [0.1, 0.15) is 19.8 Å². The summed E-state index contributed by atoms with van der Waals surface area (Å²) in [5.41, 5.74) is 5.36. The SMILES string of the molecule is CC(C(=N)N)N1CCCC1. The van der Waals surface area contributed by atoms with E-state index in [9.17, 15) is 0 Å². The van der Waals surface area contributed by atoms with E-state index < -0.39 is 0 Å². The highest BCUT2D eigenvalue weighted by Gasteiger charge is 2.19. The monoisotopic (exact) mass is 141 g/mol. The second-order valence-electron chi connectivity index (χ2n) is 2.87. The Balaban J connectivity index is 2.39. The topological polar surface area (TPSA) is 53.1 Å². The molecule has 0 amide bonds. The second kappa shape index (κ2) is 3.01. The standard InChI is InChI=1S/C7H15N3/c1-6(7(8)9)10-4-2-3-5-10/h6H,2-5H2,1H3,(H3,8,9). The molecule has 3 N–H and O–H groups in total. The average molecular weight is 141 g/mol. The number of hydrogen-bond donors (Lipinski definition) is 2. The van der Waals surface area contributed by atoms with Crippen LogP contribution in [0, 0.1) is 5.41 Å². The lowest BCUT2D eigenvalue weighted by Gasteiger charge is -2.21. The Kier molecular flexibility index (Phi) is 2.27. The summed E-state index contributed by atoms with van der Waals surface area (Å²) in [6, 6.07) is 0.155. The molecule has 1 fully saturated rings. The van der Waals surface area contributed by atoms with E-state index in [-0.39, 0.29) is 6.04 Å². The maximum Gasteiger partial charge on any atom is 0.108 e. The summed E-state index contributed by atoms with van der Waals surface area (Å²) in [5.74, 6) is 0.293. The molecule has 1 saturated heterocycles. The zero-order valence-electron chi connectivity index (χ0n) is 6.43. The molecule has 0 radical (unpaired) electrons. The smallest absolute Gasteiger partial charge is 0.108 e. The molecule has 0 bridgehead atoms. The number of nitrogens with zero attached hydrogens (tertiary/aromatic N) is 1. The summed E-state index contributed by atoms with van der Waals surface area (Å²) in [6.45, 7) is 4.22. The highest BCUT2D eigenvalue weighted by molar-refractivity contribution is 5.82. The van der Waals surface area contributed by atoms with E-state index in [1.807, 2.05) is 6.92 Å². The van der Waals surface area contributed by atoms with Crippen molar-refractivity contribution in [2.45, 2.75) is 25.8 Å². The van der Waals surface area contributed by atoms with Gasteiger partial charge in [0, 0.05) is 0 Å². The van der Waals surface area contributed by atoms with Crippen LogP contribution in [0.2, 0.25) is 0 Å². The third-order valence-corrected chi connectivity index (χ3v) is 2.14. The molecule has 0 aromatic heterocycles. The molecule has 1 rings (SSSR count). The molecule has 0 saturated carbocycles. The summed E-state index contributed by atoms with van der Waals surface area (Å²) >= 11 is 0. The zero-order chi connectivity index (χ0) is 7.56. The van der Waals surface area contributed by atoms with Gasteiger partial charge in [-0.3, -0.25) is 10.3 Å². The number of nitrogens with one attached hydrogen (secondary N) is 1. The van der Waals surface area contributed by atoms with Crippen molar-refractivity contribution in [2.75, 3.05) is 13.1 Å². The highest BCUT2D eigenvalue weighted by atomic mass is 15.2. The summed E-state index contributed by atoms with van der Waals surface area (Å²) in [4.78, 5) is 2.25. The van der Waals surface area contributed by atoms with E-state index >= 15 is 0 Å². The van der Waals surface area contributed by atoms with Crippen molar-refractivity contribution in [2.24, 2.45) is 5.73 Å². The van der Waals surface area contributed by atoms with Gasteiger partial charge >= 0.3 is 0 Å². The molecule has 1 aliphatic heterocycles. The van der Waals surface area contributed by atoms with Crippen LogP contribution in [0.4, 0.5) is 0 Å². The van der Waals surface area contributed by atoms with Gasteiger partial charge in [0.15, 0.2) is 0 Å². The van der Waals surface area contributed by atoms with Crippen LogP contribution in [0.15, 0.2) is 0 Å². The molecule has 0 aromatic rings. The van der Waals surface area contributed by atoms with Gasteiger partial charge in [-0.2, -0.15) is 0 Å². The Morgan fingerprint density at radius 3 is 2.40 bits per heavy atom. The maximum atomic E-state index is 7.20. The molecule has 0 aliphatic carbocycles. The van der Waals surface area contributed by atoms with Crippen molar-refractivity contribution in [3.8, 4) is 0 Å². The van der Waals surface area contributed by atoms with Crippen LogP contribution in [0.25, 0.3) is 0 Å². The van der Waals surface area contributed by atoms with Crippen molar-refractivity contribution in [3.63, 3.8) is 0 Å². The first-order valence-electron chi connectivity index (χ1n) is 3.80. The number of nitrogens with two attached hydrogens (primary N) is 1. The number of likely N-dealkylation sites (tertiary alicyclic amines) is 1. The average Bonchev–Trinajstić information content (AvgIpc) is 2.36. The molecule has 0 spiro atoms. The van der Waals surface area contributed by atoms with Gasteiger partial charge in [0.05, 0.1) is 6.04 Å². The quantitative estimate of drug-likeness (QED) is 0.432. The normalized spacial score (nSPS) is 22.9. The van der Waals surface area contributed by atoms with Crippen LogP contribution in [0.3, 0.4) is 0 Å². The first-order valence-corrected chi connectivity index (χ1v) is 3.80. The van der Waals surface area contributed by atoms with Gasteiger partial charge in [0.2, 0.25) is 0 Å². The van der Waals surface area contributed by atoms with E-state index in [4.69, 9.17) is 11.1 Å². The fourth-order valence-corrected chi connectivity index (χ4v) is 1.33. The van der Waals surface area contributed by atoms with Gasteiger partial charge in [-0.15, -0.1) is 0 Å². The molecule has 1 unspecified atom stereocenters. The molecule has 10 heavy (non-hydrogen) atoms. The number of rotatable bonds is 2. The molecule has 1 atom stereocenters. The molecule has 58 valence electrons. The Morgan fingerprint density at radius 2 is 2.00 bits per heavy atom. The third-order valence-electron chi connectivity index (χ3n) is 2.14. The summed E-state index contributed by atoms with van der Waals surface area (Å²) in [6.07, 6.45) is 2.52. The largest absolute Gasteiger partial charge is 0.386 e. The van der Waals surface area contributed by atoms with Gasteiger partial charge in [-0.05, 0) is 32.9 Å². The molecule has 3 nitrogen and oxygen atoms in total. The Bertz CT molecular complexity index is 127. The van der Waals surface area contributed by atoms with Crippen molar-refractivity contribution in [1.29, 1.82) is 5.41 Å².